The highest BCUT2D eigenvalue weighted by Crippen LogP contribution is 2.43. The highest BCUT2D eigenvalue weighted by Gasteiger charge is 2.23. The molecule has 0 aromatic rings. The van der Waals surface area contributed by atoms with Crippen LogP contribution in [0, 0.1) is 0 Å². The number of amidine groups is 1. The molecule has 0 aromatic carbocycles. The van der Waals surface area contributed by atoms with Crippen LogP contribution in [0.5, 0.6) is 0 Å². The van der Waals surface area contributed by atoms with E-state index in [1.807, 2.05) is 0 Å². The fourth-order valence-electron chi connectivity index (χ4n) is 4.13. The summed E-state index contributed by atoms with van der Waals surface area (Å²) in [5.41, 5.74) is 0. The van der Waals surface area contributed by atoms with E-state index in [9.17, 15) is 9.46 Å². The van der Waals surface area contributed by atoms with E-state index in [1.165, 1.54) is 96.3 Å². The van der Waals surface area contributed by atoms with Crippen LogP contribution in [0.4, 0.5) is 0 Å². The predicted octanol–water partition coefficient (Wildman–Crippen LogP) is 7.11. The van der Waals surface area contributed by atoms with Gasteiger partial charge < -0.3 is 19.7 Å². The number of rotatable bonds is 27. The first-order valence-corrected chi connectivity index (χ1v) is 17.2. The van der Waals surface area contributed by atoms with Crippen LogP contribution < -0.4 is 5.32 Å². The third-order valence-electron chi connectivity index (χ3n) is 6.42. The summed E-state index contributed by atoms with van der Waals surface area (Å²) in [5, 5.41) is 3.91. The van der Waals surface area contributed by atoms with Crippen molar-refractivity contribution in [2.24, 2.45) is 4.99 Å². The van der Waals surface area contributed by atoms with Crippen LogP contribution in [0.2, 0.25) is 0 Å². The summed E-state index contributed by atoms with van der Waals surface area (Å²) in [5.74, 6) is 0.963. The van der Waals surface area contributed by atoms with E-state index < -0.39 is 13.9 Å². The molecule has 1 heterocycles. The Balaban J connectivity index is 1.85. The normalized spacial score (nSPS) is 16.0. The molecule has 0 spiro atoms. The zero-order valence-electron chi connectivity index (χ0n) is 23.6. The number of hydrogen-bond donors (Lipinski definition) is 2. The molecule has 37 heavy (non-hydrogen) atoms. The van der Waals surface area contributed by atoms with Crippen LogP contribution in [0.1, 0.15) is 110 Å². The van der Waals surface area contributed by atoms with Gasteiger partial charge in [-0.3, -0.25) is 14.0 Å². The van der Waals surface area contributed by atoms with Crippen molar-refractivity contribution < 1.29 is 28.0 Å². The van der Waals surface area contributed by atoms with Gasteiger partial charge in [0.15, 0.2) is 5.17 Å². The summed E-state index contributed by atoms with van der Waals surface area (Å²) in [7, 11) is -2.58. The number of thioether (sulfide) groups is 1. The maximum atomic E-state index is 12.0. The minimum atomic E-state index is -4.12. The first kappa shape index (κ1) is 34.9. The zero-order valence-corrected chi connectivity index (χ0v) is 25.3. The molecule has 1 aliphatic rings. The molecule has 1 rings (SSSR count). The number of nitrogens with zero attached hydrogens (tertiary/aromatic N) is 1. The topological polar surface area (TPSA) is 98.6 Å². The van der Waals surface area contributed by atoms with Crippen molar-refractivity contribution in [3.63, 3.8) is 0 Å². The van der Waals surface area contributed by atoms with E-state index in [2.05, 4.69) is 17.2 Å². The van der Waals surface area contributed by atoms with Crippen molar-refractivity contribution >= 4 is 24.8 Å². The maximum Gasteiger partial charge on any atom is 0.472 e. The van der Waals surface area contributed by atoms with Gasteiger partial charge in [-0.1, -0.05) is 115 Å². The molecule has 0 radical (unpaired) electrons. The van der Waals surface area contributed by atoms with E-state index in [-0.39, 0.29) is 13.2 Å². The molecule has 0 aromatic heterocycles. The van der Waals surface area contributed by atoms with Crippen LogP contribution in [-0.4, -0.2) is 68.5 Å². The van der Waals surface area contributed by atoms with Crippen molar-refractivity contribution in [1.29, 1.82) is 0 Å². The van der Waals surface area contributed by atoms with Gasteiger partial charge in [0.1, 0.15) is 6.10 Å². The molecule has 220 valence electrons. The van der Waals surface area contributed by atoms with Gasteiger partial charge in [0.25, 0.3) is 0 Å². The SMILES string of the molecule is CCCCCCCCCCCCCCCCCCOCC(COP(=O)(O)OCCNC1=NCCS1)OC. The van der Waals surface area contributed by atoms with Crippen molar-refractivity contribution in [1.82, 2.24) is 5.32 Å². The Kier molecular flexibility index (Phi) is 23.4. The summed E-state index contributed by atoms with van der Waals surface area (Å²) in [4.78, 5) is 14.1. The lowest BCUT2D eigenvalue weighted by atomic mass is 10.0. The summed E-state index contributed by atoms with van der Waals surface area (Å²) in [6.07, 6.45) is 21.1. The number of unbranched alkanes of at least 4 members (excludes halogenated alkanes) is 15. The van der Waals surface area contributed by atoms with Crippen LogP contribution in [0.25, 0.3) is 0 Å². The Morgan fingerprint density at radius 2 is 1.43 bits per heavy atom. The molecule has 0 bridgehead atoms. The van der Waals surface area contributed by atoms with Crippen LogP contribution in [0.15, 0.2) is 4.99 Å². The summed E-state index contributed by atoms with van der Waals surface area (Å²) in [6, 6.07) is 0. The third-order valence-corrected chi connectivity index (χ3v) is 8.34. The summed E-state index contributed by atoms with van der Waals surface area (Å²) >= 11 is 1.63. The highest BCUT2D eigenvalue weighted by atomic mass is 32.2. The Bertz CT molecular complexity index is 599. The summed E-state index contributed by atoms with van der Waals surface area (Å²) in [6.45, 7) is 4.47. The number of hydrogen-bond acceptors (Lipinski definition) is 8. The number of ether oxygens (including phenoxy) is 2. The first-order valence-electron chi connectivity index (χ1n) is 14.7. The number of aliphatic imine (C=N–C) groups is 1. The quantitative estimate of drug-likeness (QED) is 0.0802. The fraction of sp³-hybridized carbons (Fsp3) is 0.963. The average Bonchev–Trinajstić information content (AvgIpc) is 3.41. The monoisotopic (exact) mass is 566 g/mol. The first-order chi connectivity index (χ1) is 18.1. The van der Waals surface area contributed by atoms with E-state index >= 15 is 0 Å². The number of methoxy groups -OCH3 is 1. The number of phosphoric ester groups is 1. The number of phosphoric acid groups is 1. The molecule has 0 saturated carbocycles. The minimum Gasteiger partial charge on any atom is -0.379 e. The summed E-state index contributed by atoms with van der Waals surface area (Å²) < 4.78 is 33.1. The average molecular weight is 567 g/mol. The molecule has 2 unspecified atom stereocenters. The van der Waals surface area contributed by atoms with Crippen molar-refractivity contribution in [3.8, 4) is 0 Å². The van der Waals surface area contributed by atoms with Crippen molar-refractivity contribution in [3.05, 3.63) is 0 Å². The zero-order chi connectivity index (χ0) is 26.9. The molecule has 1 aliphatic heterocycles. The van der Waals surface area contributed by atoms with E-state index in [0.29, 0.717) is 19.8 Å². The molecule has 2 atom stereocenters. The van der Waals surface area contributed by atoms with Gasteiger partial charge in [-0.25, -0.2) is 4.57 Å². The van der Waals surface area contributed by atoms with Gasteiger partial charge in [-0.2, -0.15) is 0 Å². The Hall–Kier alpha value is -0.150. The molecule has 0 amide bonds. The standard InChI is InChI=1S/C27H55N2O6PS/c1-3-4-5-6-7-8-9-10-11-12-13-14-15-16-17-18-21-33-24-26(32-2)25-35-36(30,31)34-22-19-28-27-29-20-23-37-27/h26H,3-25H2,1-2H3,(H,28,29)(H,30,31). The van der Waals surface area contributed by atoms with Gasteiger partial charge >= 0.3 is 7.82 Å². The van der Waals surface area contributed by atoms with Gasteiger partial charge in [0.2, 0.25) is 0 Å². The van der Waals surface area contributed by atoms with E-state index in [4.69, 9.17) is 18.5 Å². The lowest BCUT2D eigenvalue weighted by Gasteiger charge is -2.18. The second-order valence-corrected chi connectivity index (χ2v) is 12.3. The molecule has 0 aliphatic carbocycles. The van der Waals surface area contributed by atoms with Crippen LogP contribution >= 0.6 is 19.6 Å². The fourth-order valence-corrected chi connectivity index (χ4v) is 5.64. The Morgan fingerprint density at radius 3 is 1.95 bits per heavy atom. The highest BCUT2D eigenvalue weighted by molar-refractivity contribution is 8.14. The van der Waals surface area contributed by atoms with Crippen LogP contribution in [0.3, 0.4) is 0 Å². The van der Waals surface area contributed by atoms with Crippen molar-refractivity contribution in [2.45, 2.75) is 116 Å². The number of nitrogens with one attached hydrogen (secondary N) is 1. The molecule has 2 N–H and O–H groups in total. The Labute approximate surface area is 231 Å². The Morgan fingerprint density at radius 1 is 0.865 bits per heavy atom. The smallest absolute Gasteiger partial charge is 0.379 e. The second kappa shape index (κ2) is 24.9. The second-order valence-electron chi connectivity index (χ2n) is 9.80. The van der Waals surface area contributed by atoms with Gasteiger partial charge in [0, 0.05) is 26.0 Å². The molecular formula is C27H55N2O6PS. The lowest BCUT2D eigenvalue weighted by Crippen LogP contribution is -2.25. The molecule has 10 heteroatoms. The van der Waals surface area contributed by atoms with E-state index in [1.54, 1.807) is 18.9 Å². The molecule has 8 nitrogen and oxygen atoms in total. The van der Waals surface area contributed by atoms with Gasteiger partial charge in [0.05, 0.1) is 26.4 Å². The molecule has 0 saturated heterocycles. The molecular weight excluding hydrogens is 511 g/mol. The largest absolute Gasteiger partial charge is 0.472 e. The maximum absolute atomic E-state index is 12.0. The van der Waals surface area contributed by atoms with Gasteiger partial charge in [-0.05, 0) is 6.42 Å². The van der Waals surface area contributed by atoms with Gasteiger partial charge in [-0.15, -0.1) is 0 Å². The van der Waals surface area contributed by atoms with Crippen molar-refractivity contribution in [2.75, 3.05) is 52.4 Å². The minimum absolute atomic E-state index is 0.0563. The van der Waals surface area contributed by atoms with Crippen LogP contribution in [-0.2, 0) is 23.1 Å². The third kappa shape index (κ3) is 22.4. The lowest BCUT2D eigenvalue weighted by molar-refractivity contribution is -0.0220. The molecule has 0 fully saturated rings. The predicted molar refractivity (Wildman–Crippen MR) is 156 cm³/mol. The van der Waals surface area contributed by atoms with E-state index in [0.717, 1.165) is 23.9 Å².